The van der Waals surface area contributed by atoms with E-state index in [0.717, 1.165) is 12.4 Å². The lowest BCUT2D eigenvalue weighted by molar-refractivity contribution is -0.414. The van der Waals surface area contributed by atoms with E-state index in [2.05, 4.69) is 4.99 Å². The van der Waals surface area contributed by atoms with E-state index in [9.17, 15) is 14.9 Å². The second-order valence-electron chi connectivity index (χ2n) is 5.76. The van der Waals surface area contributed by atoms with Crippen molar-refractivity contribution in [3.63, 3.8) is 0 Å². The van der Waals surface area contributed by atoms with E-state index in [4.69, 9.17) is 15.2 Å². The van der Waals surface area contributed by atoms with E-state index in [1.54, 1.807) is 25.7 Å². The lowest BCUT2D eigenvalue weighted by atomic mass is 10.2. The Labute approximate surface area is 128 Å². The summed E-state index contributed by atoms with van der Waals surface area (Å²) in [6.07, 6.45) is 1.22. The average Bonchev–Trinajstić information content (AvgIpc) is 2.41. The molecule has 1 amide bonds. The van der Waals surface area contributed by atoms with E-state index < -0.39 is 16.6 Å². The summed E-state index contributed by atoms with van der Waals surface area (Å²) in [7, 11) is 0. The van der Waals surface area contributed by atoms with E-state index in [0.29, 0.717) is 19.7 Å². The van der Waals surface area contributed by atoms with Crippen molar-refractivity contribution in [2.45, 2.75) is 32.5 Å². The molecule has 0 aromatic heterocycles. The maximum absolute atomic E-state index is 12.0. The minimum absolute atomic E-state index is 0.199. The van der Waals surface area contributed by atoms with Crippen LogP contribution in [-0.4, -0.2) is 60.1 Å². The van der Waals surface area contributed by atoms with Crippen molar-refractivity contribution in [2.75, 3.05) is 26.2 Å². The molecule has 2 N–H and O–H groups in total. The highest BCUT2D eigenvalue weighted by atomic mass is 16.6. The molecule has 0 bridgehead atoms. The molecule has 1 saturated heterocycles. The van der Waals surface area contributed by atoms with Gasteiger partial charge in [-0.2, -0.15) is 0 Å². The summed E-state index contributed by atoms with van der Waals surface area (Å²) in [4.78, 5) is 27.4. The number of morpholine rings is 1. The second-order valence-corrected chi connectivity index (χ2v) is 5.76. The Bertz CT molecular complexity index is 470. The predicted molar refractivity (Wildman–Crippen MR) is 80.2 cm³/mol. The number of ether oxygens (including phenoxy) is 2. The number of carbonyl (C=O) groups excluding carboxylic acids is 1. The number of hydrogen-bond donors (Lipinski definition) is 1. The molecule has 1 aliphatic rings. The number of hydrogen-bond acceptors (Lipinski definition) is 7. The summed E-state index contributed by atoms with van der Waals surface area (Å²) in [5.41, 5.74) is 4.27. The zero-order chi connectivity index (χ0) is 16.8. The topological polar surface area (TPSA) is 120 Å². The van der Waals surface area contributed by atoms with Gasteiger partial charge in [0.2, 0.25) is 0 Å². The van der Waals surface area contributed by atoms with Crippen molar-refractivity contribution < 1.29 is 19.2 Å². The maximum atomic E-state index is 12.0. The van der Waals surface area contributed by atoms with Crippen molar-refractivity contribution in [1.29, 1.82) is 0 Å². The molecule has 1 rings (SSSR count). The van der Waals surface area contributed by atoms with Crippen molar-refractivity contribution >= 4 is 12.3 Å². The Balaban J connectivity index is 2.52. The van der Waals surface area contributed by atoms with Gasteiger partial charge in [0.05, 0.1) is 36.9 Å². The largest absolute Gasteiger partial charge is 0.444 e. The first-order valence-electron chi connectivity index (χ1n) is 6.88. The van der Waals surface area contributed by atoms with Crippen LogP contribution >= 0.6 is 0 Å². The van der Waals surface area contributed by atoms with E-state index in [1.165, 1.54) is 0 Å². The molecule has 9 nitrogen and oxygen atoms in total. The van der Waals surface area contributed by atoms with E-state index >= 15 is 0 Å². The molecular weight excluding hydrogens is 292 g/mol. The molecular formula is C13H22N4O5. The predicted octanol–water partition coefficient (Wildman–Crippen LogP) is 0.770. The molecule has 1 unspecified atom stereocenters. The minimum Gasteiger partial charge on any atom is -0.444 e. The first-order chi connectivity index (χ1) is 10.2. The van der Waals surface area contributed by atoms with Crippen LogP contribution in [0.3, 0.4) is 0 Å². The first kappa shape index (κ1) is 17.9. The van der Waals surface area contributed by atoms with Crippen molar-refractivity contribution in [1.82, 2.24) is 4.90 Å². The molecule has 0 aromatic carbocycles. The average molecular weight is 314 g/mol. The van der Waals surface area contributed by atoms with Gasteiger partial charge in [0.25, 0.3) is 0 Å². The van der Waals surface area contributed by atoms with Gasteiger partial charge in [-0.3, -0.25) is 15.1 Å². The van der Waals surface area contributed by atoms with Crippen LogP contribution in [0, 0.1) is 10.1 Å². The molecule has 0 aliphatic carbocycles. The fourth-order valence-electron chi connectivity index (χ4n) is 1.74. The Morgan fingerprint density at radius 3 is 2.82 bits per heavy atom. The van der Waals surface area contributed by atoms with Crippen LogP contribution in [0.5, 0.6) is 0 Å². The van der Waals surface area contributed by atoms with Crippen LogP contribution in [0.1, 0.15) is 20.8 Å². The summed E-state index contributed by atoms with van der Waals surface area (Å²) >= 11 is 0. The molecule has 1 heterocycles. The molecule has 1 fully saturated rings. The molecule has 1 atom stereocenters. The van der Waals surface area contributed by atoms with Gasteiger partial charge >= 0.3 is 11.8 Å². The Kier molecular flexibility index (Phi) is 6.29. The monoisotopic (exact) mass is 314 g/mol. The van der Waals surface area contributed by atoms with Gasteiger partial charge in [0, 0.05) is 6.54 Å². The number of allylic oxidation sites excluding steroid dienone is 1. The Hall–Kier alpha value is -2.16. The second kappa shape index (κ2) is 7.74. The van der Waals surface area contributed by atoms with Gasteiger partial charge in [-0.25, -0.2) is 4.79 Å². The molecule has 0 saturated carbocycles. The summed E-state index contributed by atoms with van der Waals surface area (Å²) in [6.45, 7) is 6.73. The zero-order valence-corrected chi connectivity index (χ0v) is 13.0. The third-order valence-corrected chi connectivity index (χ3v) is 2.70. The van der Waals surface area contributed by atoms with Crippen LogP contribution < -0.4 is 5.73 Å². The highest BCUT2D eigenvalue weighted by Gasteiger charge is 2.27. The van der Waals surface area contributed by atoms with Crippen molar-refractivity contribution in [3.8, 4) is 0 Å². The number of rotatable bonds is 4. The van der Waals surface area contributed by atoms with Crippen molar-refractivity contribution in [2.24, 2.45) is 10.7 Å². The molecule has 9 heteroatoms. The Morgan fingerprint density at radius 2 is 2.27 bits per heavy atom. The van der Waals surface area contributed by atoms with Gasteiger partial charge in [-0.15, -0.1) is 0 Å². The number of nitrogens with zero attached hydrogens (tertiary/aromatic N) is 3. The number of carbonyl (C=O) groups is 1. The summed E-state index contributed by atoms with van der Waals surface area (Å²) in [5, 5.41) is 10.6. The van der Waals surface area contributed by atoms with Crippen molar-refractivity contribution in [3.05, 3.63) is 22.0 Å². The molecule has 1 aliphatic heterocycles. The molecule has 0 spiro atoms. The van der Waals surface area contributed by atoms with Crippen LogP contribution in [0.2, 0.25) is 0 Å². The smallest absolute Gasteiger partial charge is 0.410 e. The van der Waals surface area contributed by atoms with Gasteiger partial charge < -0.3 is 20.1 Å². The third kappa shape index (κ3) is 6.08. The minimum atomic E-state index is -0.627. The fraction of sp³-hybridized carbons (Fsp3) is 0.692. The SMILES string of the molecule is CC(C)(C)OC(=O)N1CCOC(CN=CC(=CN)[N+](=O)[O-])C1. The normalized spacial score (nSPS) is 20.2. The third-order valence-electron chi connectivity index (χ3n) is 2.70. The highest BCUT2D eigenvalue weighted by Crippen LogP contribution is 2.13. The number of nitro groups is 1. The molecule has 0 radical (unpaired) electrons. The number of aliphatic imine (C=N–C) groups is 1. The quantitative estimate of drug-likeness (QED) is 0.465. The van der Waals surface area contributed by atoms with Crippen LogP contribution in [-0.2, 0) is 9.47 Å². The van der Waals surface area contributed by atoms with Crippen LogP contribution in [0.15, 0.2) is 16.9 Å². The summed E-state index contributed by atoms with van der Waals surface area (Å²) < 4.78 is 10.8. The van der Waals surface area contributed by atoms with E-state index in [1.807, 2.05) is 0 Å². The van der Waals surface area contributed by atoms with Gasteiger partial charge in [0.1, 0.15) is 11.8 Å². The molecule has 124 valence electrons. The zero-order valence-electron chi connectivity index (χ0n) is 13.0. The van der Waals surface area contributed by atoms with Gasteiger partial charge in [-0.05, 0) is 20.8 Å². The molecule has 22 heavy (non-hydrogen) atoms. The highest BCUT2D eigenvalue weighted by molar-refractivity contribution is 5.75. The maximum Gasteiger partial charge on any atom is 0.410 e. The van der Waals surface area contributed by atoms with E-state index in [-0.39, 0.29) is 18.3 Å². The molecule has 0 aromatic rings. The summed E-state index contributed by atoms with van der Waals surface area (Å²) in [5.74, 6) is 0. The lowest BCUT2D eigenvalue weighted by Gasteiger charge is -2.33. The standard InChI is InChI=1S/C13H22N4O5/c1-13(2,3)22-12(18)16-4-5-21-11(9-16)8-15-7-10(6-14)17(19)20/h6-7,11H,4-5,8-9,14H2,1-3H3. The number of nitrogens with two attached hydrogens (primary N) is 1. The van der Waals surface area contributed by atoms with Crippen LogP contribution in [0.25, 0.3) is 0 Å². The lowest BCUT2D eigenvalue weighted by Crippen LogP contribution is -2.48. The Morgan fingerprint density at radius 1 is 1.59 bits per heavy atom. The van der Waals surface area contributed by atoms with Gasteiger partial charge in [-0.1, -0.05) is 0 Å². The fourth-order valence-corrected chi connectivity index (χ4v) is 1.74. The summed E-state index contributed by atoms with van der Waals surface area (Å²) in [6, 6.07) is 0. The first-order valence-corrected chi connectivity index (χ1v) is 6.88. The van der Waals surface area contributed by atoms with Crippen LogP contribution in [0.4, 0.5) is 4.79 Å². The van der Waals surface area contributed by atoms with Gasteiger partial charge in [0.15, 0.2) is 0 Å². The number of amides is 1.